The van der Waals surface area contributed by atoms with Gasteiger partial charge in [-0.2, -0.15) is 4.73 Å². The fraction of sp³-hybridized carbons (Fsp3) is 0.360. The van der Waals surface area contributed by atoms with E-state index in [1.54, 1.807) is 19.9 Å². The predicted octanol–water partition coefficient (Wildman–Crippen LogP) is 4.17. The molecule has 5 rings (SSSR count). The minimum Gasteiger partial charge on any atom is -0.618 e. The Kier molecular flexibility index (Phi) is 5.96. The zero-order valence-electron chi connectivity index (χ0n) is 19.2. The van der Waals surface area contributed by atoms with E-state index in [0.717, 1.165) is 12.8 Å². The number of rotatable bonds is 6. The molecule has 1 unspecified atom stereocenters. The highest BCUT2D eigenvalue weighted by atomic mass is 35.5. The van der Waals surface area contributed by atoms with Crippen molar-refractivity contribution in [1.29, 1.82) is 0 Å². The Morgan fingerprint density at radius 1 is 1.23 bits per heavy atom. The van der Waals surface area contributed by atoms with E-state index < -0.39 is 23.7 Å². The number of pyridine rings is 1. The van der Waals surface area contributed by atoms with E-state index in [2.05, 4.69) is 15.8 Å². The fourth-order valence-corrected chi connectivity index (χ4v) is 5.41. The smallest absolute Gasteiger partial charge is 0.257 e. The van der Waals surface area contributed by atoms with E-state index in [4.69, 9.17) is 16.1 Å². The molecule has 2 aliphatic rings. The van der Waals surface area contributed by atoms with Crippen LogP contribution in [0.4, 0.5) is 10.1 Å². The van der Waals surface area contributed by atoms with Crippen LogP contribution in [0.25, 0.3) is 11.1 Å². The Morgan fingerprint density at radius 3 is 2.63 bits per heavy atom. The number of carbonyl (C=O) groups excluding carboxylic acids is 2. The number of hydrogen-bond donors (Lipinski definition) is 2. The number of nitrogens with one attached hydrogen (secondary N) is 2. The first-order chi connectivity index (χ1) is 16.7. The lowest BCUT2D eigenvalue weighted by Crippen LogP contribution is -2.48. The van der Waals surface area contributed by atoms with Gasteiger partial charge in [0, 0.05) is 24.2 Å². The number of halogens is 2. The Labute approximate surface area is 206 Å². The molecule has 2 saturated carbocycles. The third kappa shape index (κ3) is 4.48. The van der Waals surface area contributed by atoms with E-state index >= 15 is 4.39 Å². The summed E-state index contributed by atoms with van der Waals surface area (Å²) in [4.78, 5) is 26.1. The van der Waals surface area contributed by atoms with Gasteiger partial charge in [-0.15, -0.1) is 0 Å². The van der Waals surface area contributed by atoms with Crippen LogP contribution in [0.3, 0.4) is 0 Å². The molecule has 0 saturated heterocycles. The molecule has 2 fully saturated rings. The Balaban J connectivity index is 1.37. The third-order valence-corrected chi connectivity index (χ3v) is 7.42. The molecule has 0 aliphatic heterocycles. The van der Waals surface area contributed by atoms with Crippen LogP contribution in [0.2, 0.25) is 5.02 Å². The van der Waals surface area contributed by atoms with Gasteiger partial charge in [-0.1, -0.05) is 16.8 Å². The average Bonchev–Trinajstić information content (AvgIpc) is 3.20. The molecule has 2 amide bonds. The van der Waals surface area contributed by atoms with Crippen LogP contribution in [-0.2, 0) is 4.79 Å². The van der Waals surface area contributed by atoms with E-state index in [1.807, 2.05) is 0 Å². The molecule has 8 nitrogen and oxygen atoms in total. The molecule has 2 N–H and O–H groups in total. The highest BCUT2D eigenvalue weighted by molar-refractivity contribution is 6.33. The molecule has 10 heteroatoms. The number of hydrogen-bond acceptors (Lipinski definition) is 5. The molecule has 0 bridgehead atoms. The summed E-state index contributed by atoms with van der Waals surface area (Å²) in [6, 6.07) is 4.82. The highest BCUT2D eigenvalue weighted by Gasteiger charge is 2.49. The second-order valence-electron chi connectivity index (χ2n) is 9.39. The summed E-state index contributed by atoms with van der Waals surface area (Å²) in [6.07, 6.45) is 5.40. The summed E-state index contributed by atoms with van der Waals surface area (Å²) in [5.74, 6) is -0.303. The lowest BCUT2D eigenvalue weighted by molar-refractivity contribution is -0.611. The maximum Gasteiger partial charge on any atom is 0.257 e. The van der Waals surface area contributed by atoms with Gasteiger partial charge in [0.1, 0.15) is 23.7 Å². The Morgan fingerprint density at radius 2 is 1.97 bits per heavy atom. The zero-order chi connectivity index (χ0) is 24.9. The van der Waals surface area contributed by atoms with Crippen molar-refractivity contribution in [2.24, 2.45) is 17.8 Å². The van der Waals surface area contributed by atoms with Gasteiger partial charge in [0.05, 0.1) is 16.3 Å². The predicted molar refractivity (Wildman–Crippen MR) is 126 cm³/mol. The van der Waals surface area contributed by atoms with Gasteiger partial charge in [-0.05, 0) is 62.1 Å². The van der Waals surface area contributed by atoms with Crippen LogP contribution < -0.4 is 15.4 Å². The van der Waals surface area contributed by atoms with Gasteiger partial charge < -0.3 is 20.4 Å². The molecule has 2 aromatic heterocycles. The van der Waals surface area contributed by atoms with Crippen LogP contribution in [0.1, 0.15) is 41.0 Å². The van der Waals surface area contributed by atoms with Gasteiger partial charge in [0.15, 0.2) is 11.9 Å². The minimum absolute atomic E-state index is 0.00902. The minimum atomic E-state index is -0.780. The SMILES string of the molecule is Cc1nocc1C(=O)N[C@H](C(=O)Nc1ccc(-c2c(Cl)cc[n+]([O-])c2C)c(F)c1)C1C[C@@H]2C[C@@H]2C1. The first-order valence-electron chi connectivity index (χ1n) is 11.4. The lowest BCUT2D eigenvalue weighted by Gasteiger charge is -2.25. The number of benzene rings is 1. The molecular formula is C25H24ClFN4O4. The maximum atomic E-state index is 15.1. The summed E-state index contributed by atoms with van der Waals surface area (Å²) in [7, 11) is 0. The van der Waals surface area contributed by atoms with Crippen LogP contribution in [0.15, 0.2) is 41.2 Å². The highest BCUT2D eigenvalue weighted by Crippen LogP contribution is 2.55. The number of aryl methyl sites for hydroxylation is 1. The number of carbonyl (C=O) groups is 2. The van der Waals surface area contributed by atoms with Gasteiger partial charge in [-0.3, -0.25) is 9.59 Å². The second kappa shape index (κ2) is 8.96. The van der Waals surface area contributed by atoms with Gasteiger partial charge >= 0.3 is 0 Å². The largest absolute Gasteiger partial charge is 0.618 e. The molecule has 2 heterocycles. The van der Waals surface area contributed by atoms with Gasteiger partial charge in [-0.25, -0.2) is 4.39 Å². The van der Waals surface area contributed by atoms with Crippen LogP contribution in [-0.4, -0.2) is 23.0 Å². The normalized spacial score (nSPS) is 21.3. The number of aromatic nitrogens is 2. The first kappa shape index (κ1) is 23.3. The standard InChI is InChI=1S/C25H24ClFN4O4/c1-12-19(11-35-30-12)24(32)29-23(16-8-14-7-15(14)9-16)25(33)28-17-3-4-18(21(27)10-17)22-13(2)31(34)6-5-20(22)26/h3-6,10-11,14-16,23H,7-9H2,1-2H3,(H,28,33)(H,29,32)/t14-,15+,16?,23-/m0/s1. The van der Waals surface area contributed by atoms with Gasteiger partial charge in [0.25, 0.3) is 5.91 Å². The van der Waals surface area contributed by atoms with E-state index in [0.29, 0.717) is 27.8 Å². The summed E-state index contributed by atoms with van der Waals surface area (Å²) < 4.78 is 20.5. The maximum absolute atomic E-state index is 15.1. The van der Waals surface area contributed by atoms with E-state index in [1.165, 1.54) is 37.1 Å². The molecule has 4 atom stereocenters. The Hall–Kier alpha value is -3.46. The van der Waals surface area contributed by atoms with Crippen molar-refractivity contribution in [1.82, 2.24) is 10.5 Å². The van der Waals surface area contributed by atoms with E-state index in [-0.39, 0.29) is 33.4 Å². The van der Waals surface area contributed by atoms with Crippen molar-refractivity contribution in [3.05, 3.63) is 69.7 Å². The molecular weight excluding hydrogens is 475 g/mol. The lowest BCUT2D eigenvalue weighted by atomic mass is 9.93. The number of amides is 2. The summed E-state index contributed by atoms with van der Waals surface area (Å²) in [5, 5.41) is 21.5. The van der Waals surface area contributed by atoms with Crippen LogP contribution >= 0.6 is 11.6 Å². The molecule has 1 aromatic carbocycles. The number of anilines is 1. The van der Waals surface area contributed by atoms with Crippen molar-refractivity contribution in [2.45, 2.75) is 39.2 Å². The van der Waals surface area contributed by atoms with Crippen LogP contribution in [0, 0.1) is 42.6 Å². The van der Waals surface area contributed by atoms with Crippen molar-refractivity contribution >= 4 is 29.1 Å². The average molecular weight is 499 g/mol. The van der Waals surface area contributed by atoms with Crippen LogP contribution in [0.5, 0.6) is 0 Å². The summed E-state index contributed by atoms with van der Waals surface area (Å²) in [6.45, 7) is 3.21. The molecule has 35 heavy (non-hydrogen) atoms. The van der Waals surface area contributed by atoms with Crippen molar-refractivity contribution < 1.29 is 23.2 Å². The Bertz CT molecular complexity index is 1320. The molecule has 0 radical (unpaired) electrons. The number of nitrogens with zero attached hydrogens (tertiary/aromatic N) is 2. The quantitative estimate of drug-likeness (QED) is 0.391. The summed E-state index contributed by atoms with van der Waals surface area (Å²) in [5.41, 5.74) is 1.65. The van der Waals surface area contributed by atoms with E-state index in [9.17, 15) is 14.8 Å². The molecule has 0 spiro atoms. The zero-order valence-corrected chi connectivity index (χ0v) is 19.9. The second-order valence-corrected chi connectivity index (χ2v) is 9.79. The molecule has 2 aliphatic carbocycles. The topological polar surface area (TPSA) is 111 Å². The monoisotopic (exact) mass is 498 g/mol. The summed E-state index contributed by atoms with van der Waals surface area (Å²) >= 11 is 6.22. The molecule has 3 aromatic rings. The van der Waals surface area contributed by atoms with Crippen molar-refractivity contribution in [3.63, 3.8) is 0 Å². The van der Waals surface area contributed by atoms with Gasteiger partial charge in [0.2, 0.25) is 5.91 Å². The fourth-order valence-electron chi connectivity index (χ4n) is 5.11. The first-order valence-corrected chi connectivity index (χ1v) is 11.8. The molecule has 182 valence electrons. The number of fused-ring (bicyclic) bond motifs is 1. The van der Waals surface area contributed by atoms with Crippen molar-refractivity contribution in [3.8, 4) is 11.1 Å². The van der Waals surface area contributed by atoms with Crippen molar-refractivity contribution in [2.75, 3.05) is 5.32 Å². The third-order valence-electron chi connectivity index (χ3n) is 7.11.